The number of hydrogen-bond acceptors (Lipinski definition) is 5. The van der Waals surface area contributed by atoms with Gasteiger partial charge in [0.25, 0.3) is 0 Å². The van der Waals surface area contributed by atoms with Crippen molar-refractivity contribution in [2.75, 3.05) is 6.61 Å². The molecule has 5 nitrogen and oxygen atoms in total. The smallest absolute Gasteiger partial charge is 0.247 e. The Kier molecular flexibility index (Phi) is 4.39. The number of aryl methyl sites for hydroxylation is 2. The molecule has 0 unspecified atom stereocenters. The minimum absolute atomic E-state index is 0.178. The molecule has 0 saturated heterocycles. The highest BCUT2D eigenvalue weighted by Gasteiger charge is 2.12. The Labute approximate surface area is 134 Å². The lowest BCUT2D eigenvalue weighted by atomic mass is 10.0. The highest BCUT2D eigenvalue weighted by molar-refractivity contribution is 5.55. The summed E-state index contributed by atoms with van der Waals surface area (Å²) in [7, 11) is 0. The van der Waals surface area contributed by atoms with Crippen molar-refractivity contribution in [1.82, 2.24) is 10.2 Å². The summed E-state index contributed by atoms with van der Waals surface area (Å²) in [5.74, 6) is 1.08. The summed E-state index contributed by atoms with van der Waals surface area (Å²) in [4.78, 5) is 0. The van der Waals surface area contributed by atoms with Crippen molar-refractivity contribution in [1.29, 1.82) is 0 Å². The summed E-state index contributed by atoms with van der Waals surface area (Å²) in [5, 5.41) is 17.9. The van der Waals surface area contributed by atoms with E-state index < -0.39 is 6.10 Å². The van der Waals surface area contributed by atoms with Gasteiger partial charge in [0.05, 0.1) is 0 Å². The fraction of sp³-hybridized carbons (Fsp3) is 0.222. The van der Waals surface area contributed by atoms with Crippen LogP contribution >= 0.6 is 0 Å². The van der Waals surface area contributed by atoms with Gasteiger partial charge >= 0.3 is 0 Å². The molecule has 1 aromatic heterocycles. The first kappa shape index (κ1) is 15.2. The number of hydrogen-bond donors (Lipinski definition) is 1. The molecule has 0 saturated carbocycles. The van der Waals surface area contributed by atoms with Gasteiger partial charge in [-0.15, -0.1) is 10.2 Å². The van der Waals surface area contributed by atoms with E-state index >= 15 is 0 Å². The van der Waals surface area contributed by atoms with E-state index in [9.17, 15) is 5.11 Å². The Morgan fingerprint density at radius 2 is 2.04 bits per heavy atom. The molecule has 3 aromatic rings. The lowest BCUT2D eigenvalue weighted by molar-refractivity contribution is 0.107. The molecule has 0 radical (unpaired) electrons. The van der Waals surface area contributed by atoms with Crippen LogP contribution in [0, 0.1) is 13.8 Å². The number of ether oxygens (including phenoxy) is 1. The van der Waals surface area contributed by atoms with E-state index in [1.165, 1.54) is 6.39 Å². The average Bonchev–Trinajstić information content (AvgIpc) is 3.10. The molecular formula is C18H18N2O3. The van der Waals surface area contributed by atoms with Crippen LogP contribution in [0.3, 0.4) is 0 Å². The van der Waals surface area contributed by atoms with E-state index in [2.05, 4.69) is 10.2 Å². The molecule has 23 heavy (non-hydrogen) atoms. The highest BCUT2D eigenvalue weighted by atomic mass is 16.5. The van der Waals surface area contributed by atoms with Gasteiger partial charge in [0.15, 0.2) is 0 Å². The van der Waals surface area contributed by atoms with Crippen molar-refractivity contribution in [2.24, 2.45) is 0 Å². The van der Waals surface area contributed by atoms with Crippen LogP contribution in [0.5, 0.6) is 5.75 Å². The molecule has 0 bridgehead atoms. The van der Waals surface area contributed by atoms with Crippen molar-refractivity contribution < 1.29 is 14.3 Å². The number of aliphatic hydroxyl groups excluding tert-OH is 1. The molecule has 2 aromatic carbocycles. The highest BCUT2D eigenvalue weighted by Crippen LogP contribution is 2.24. The second-order valence-corrected chi connectivity index (χ2v) is 5.46. The van der Waals surface area contributed by atoms with Crippen molar-refractivity contribution in [2.45, 2.75) is 20.0 Å². The van der Waals surface area contributed by atoms with Gasteiger partial charge in [-0.1, -0.05) is 29.8 Å². The largest absolute Gasteiger partial charge is 0.491 e. The minimum atomic E-state index is -0.679. The van der Waals surface area contributed by atoms with Gasteiger partial charge in [0.2, 0.25) is 12.3 Å². The molecule has 0 spiro atoms. The third-order valence-corrected chi connectivity index (χ3v) is 3.64. The molecule has 1 atom stereocenters. The maximum absolute atomic E-state index is 10.4. The summed E-state index contributed by atoms with van der Waals surface area (Å²) >= 11 is 0. The third kappa shape index (κ3) is 3.57. The molecular weight excluding hydrogens is 292 g/mol. The fourth-order valence-corrected chi connectivity index (χ4v) is 2.40. The number of benzene rings is 2. The molecule has 3 rings (SSSR count). The summed E-state index contributed by atoms with van der Waals surface area (Å²) in [5.41, 5.74) is 3.83. The quantitative estimate of drug-likeness (QED) is 0.781. The molecule has 1 N–H and O–H groups in total. The van der Waals surface area contributed by atoms with Gasteiger partial charge in [-0.25, -0.2) is 0 Å². The van der Waals surface area contributed by atoms with E-state index in [-0.39, 0.29) is 6.61 Å². The zero-order chi connectivity index (χ0) is 16.2. The van der Waals surface area contributed by atoms with Crippen LogP contribution in [0.25, 0.3) is 11.5 Å². The Balaban J connectivity index is 1.71. The Hall–Kier alpha value is -2.66. The Morgan fingerprint density at radius 1 is 1.17 bits per heavy atom. The van der Waals surface area contributed by atoms with Crippen LogP contribution < -0.4 is 4.74 Å². The molecule has 5 heteroatoms. The first-order chi connectivity index (χ1) is 11.1. The van der Waals surface area contributed by atoms with Crippen LogP contribution in [-0.4, -0.2) is 21.9 Å². The van der Waals surface area contributed by atoms with E-state index in [1.54, 1.807) is 0 Å². The summed E-state index contributed by atoms with van der Waals surface area (Å²) in [6.45, 7) is 4.16. The molecule has 0 aliphatic carbocycles. The van der Waals surface area contributed by atoms with Gasteiger partial charge in [0.1, 0.15) is 18.5 Å². The molecule has 118 valence electrons. The third-order valence-electron chi connectivity index (χ3n) is 3.64. The average molecular weight is 310 g/mol. The summed E-state index contributed by atoms with van der Waals surface area (Å²) in [6.07, 6.45) is 0.606. The van der Waals surface area contributed by atoms with Crippen molar-refractivity contribution >= 4 is 0 Å². The van der Waals surface area contributed by atoms with Gasteiger partial charge in [-0.05, 0) is 43.2 Å². The second-order valence-electron chi connectivity index (χ2n) is 5.46. The zero-order valence-electron chi connectivity index (χ0n) is 13.1. The van der Waals surface area contributed by atoms with Crippen LogP contribution in [0.15, 0.2) is 53.3 Å². The normalized spacial score (nSPS) is 12.1. The monoisotopic (exact) mass is 310 g/mol. The van der Waals surface area contributed by atoms with Crippen LogP contribution in [0.4, 0.5) is 0 Å². The lowest BCUT2D eigenvalue weighted by Crippen LogP contribution is -2.11. The first-order valence-electron chi connectivity index (χ1n) is 7.38. The number of rotatable bonds is 5. The van der Waals surface area contributed by atoms with Gasteiger partial charge in [-0.2, -0.15) is 0 Å². The van der Waals surface area contributed by atoms with Gasteiger partial charge in [-0.3, -0.25) is 0 Å². The predicted octanol–water partition coefficient (Wildman–Crippen LogP) is 3.47. The Morgan fingerprint density at radius 3 is 2.83 bits per heavy atom. The van der Waals surface area contributed by atoms with E-state index in [4.69, 9.17) is 9.15 Å². The van der Waals surface area contributed by atoms with E-state index in [0.717, 1.165) is 22.3 Å². The maximum atomic E-state index is 10.4. The van der Waals surface area contributed by atoms with Crippen LogP contribution in [0.2, 0.25) is 0 Å². The zero-order valence-corrected chi connectivity index (χ0v) is 13.1. The molecule has 0 fully saturated rings. The van der Waals surface area contributed by atoms with E-state index in [0.29, 0.717) is 11.6 Å². The van der Waals surface area contributed by atoms with Crippen molar-refractivity contribution in [3.05, 3.63) is 65.5 Å². The predicted molar refractivity (Wildman–Crippen MR) is 86.1 cm³/mol. The molecule has 0 aliphatic heterocycles. The van der Waals surface area contributed by atoms with Crippen LogP contribution in [-0.2, 0) is 0 Å². The summed E-state index contributed by atoms with van der Waals surface area (Å²) in [6, 6.07) is 13.4. The lowest BCUT2D eigenvalue weighted by Gasteiger charge is -2.15. The topological polar surface area (TPSA) is 68.4 Å². The minimum Gasteiger partial charge on any atom is -0.491 e. The summed E-state index contributed by atoms with van der Waals surface area (Å²) < 4.78 is 10.9. The molecule has 0 amide bonds. The number of aliphatic hydroxyl groups is 1. The second kappa shape index (κ2) is 6.62. The number of aromatic nitrogens is 2. The SMILES string of the molecule is Cc1ccc(C)c([C@@H](O)COc2cccc(-c3nnco3)c2)c1. The Bertz CT molecular complexity index is 785. The number of nitrogens with zero attached hydrogens (tertiary/aromatic N) is 2. The standard InChI is InChI=1S/C18H18N2O3/c1-12-6-7-13(2)16(8-12)17(21)10-22-15-5-3-4-14(9-15)18-20-19-11-23-18/h3-9,11,17,21H,10H2,1-2H3/t17-/m0/s1. The van der Waals surface area contributed by atoms with Crippen LogP contribution in [0.1, 0.15) is 22.8 Å². The maximum Gasteiger partial charge on any atom is 0.247 e. The van der Waals surface area contributed by atoms with Gasteiger partial charge in [0, 0.05) is 5.56 Å². The fourth-order valence-electron chi connectivity index (χ4n) is 2.40. The molecule has 1 heterocycles. The van der Waals surface area contributed by atoms with Crippen molar-refractivity contribution in [3.63, 3.8) is 0 Å². The van der Waals surface area contributed by atoms with Crippen molar-refractivity contribution in [3.8, 4) is 17.2 Å². The van der Waals surface area contributed by atoms with Gasteiger partial charge < -0.3 is 14.3 Å². The first-order valence-corrected chi connectivity index (χ1v) is 7.38. The molecule has 0 aliphatic rings. The van der Waals surface area contributed by atoms with E-state index in [1.807, 2.05) is 56.3 Å².